The monoisotopic (exact) mass is 435 g/mol. The second-order valence-electron chi connectivity index (χ2n) is 6.16. The Kier molecular flexibility index (Phi) is 6.28. The molecule has 0 atom stereocenters. The zero-order chi connectivity index (χ0) is 21.7. The molecule has 30 heavy (non-hydrogen) atoms. The summed E-state index contributed by atoms with van der Waals surface area (Å²) < 4.78 is 40.7. The molecule has 3 rings (SSSR count). The maximum absolute atomic E-state index is 12.0. The molecule has 0 aliphatic carbocycles. The molecule has 0 fully saturated rings. The summed E-state index contributed by atoms with van der Waals surface area (Å²) in [5, 5.41) is 8.23. The molecule has 1 heterocycles. The van der Waals surface area contributed by atoms with Crippen LogP contribution in [0.25, 0.3) is 0 Å². The smallest absolute Gasteiger partial charge is 0.266 e. The number of nitrogens with one attached hydrogen (secondary N) is 3. The zero-order valence-corrected chi connectivity index (χ0v) is 17.1. The normalized spacial score (nSPS) is 13.2. The van der Waals surface area contributed by atoms with Gasteiger partial charge in [0.15, 0.2) is 5.84 Å². The van der Waals surface area contributed by atoms with Crippen LogP contribution in [-0.4, -0.2) is 51.2 Å². The highest BCUT2D eigenvalue weighted by molar-refractivity contribution is 7.85. The number of nitrogens with zero attached hydrogens (tertiary/aromatic N) is 2. The summed E-state index contributed by atoms with van der Waals surface area (Å²) in [5.74, 6) is 0.748. The summed E-state index contributed by atoms with van der Waals surface area (Å²) in [6, 6.07) is 11.9. The number of hydrazine groups is 2. The molecule has 0 saturated carbocycles. The molecule has 2 aromatic carbocycles. The van der Waals surface area contributed by atoms with Gasteiger partial charge >= 0.3 is 0 Å². The van der Waals surface area contributed by atoms with Crippen molar-refractivity contribution < 1.29 is 27.2 Å². The minimum Gasteiger partial charge on any atom is -0.497 e. The molecule has 0 saturated heterocycles. The number of benzene rings is 2. The lowest BCUT2D eigenvalue weighted by Gasteiger charge is -2.20. The number of anilines is 1. The highest BCUT2D eigenvalue weighted by Crippen LogP contribution is 2.31. The van der Waals surface area contributed by atoms with Crippen LogP contribution in [0.4, 0.5) is 5.69 Å². The van der Waals surface area contributed by atoms with Gasteiger partial charge in [0.25, 0.3) is 16.0 Å². The molecular weight excluding hydrogens is 414 g/mol. The number of amidine groups is 1. The Labute approximate surface area is 173 Å². The van der Waals surface area contributed by atoms with E-state index >= 15 is 0 Å². The van der Waals surface area contributed by atoms with Gasteiger partial charge in [-0.1, -0.05) is 12.1 Å². The average Bonchev–Trinajstić information content (AvgIpc) is 3.22. The summed E-state index contributed by atoms with van der Waals surface area (Å²) in [4.78, 5) is 12.0. The van der Waals surface area contributed by atoms with E-state index < -0.39 is 21.8 Å². The lowest BCUT2D eigenvalue weighted by Crippen LogP contribution is -2.42. The molecule has 2 aromatic rings. The van der Waals surface area contributed by atoms with Gasteiger partial charge in [-0.25, -0.2) is 0 Å². The molecule has 0 spiro atoms. The molecule has 0 bridgehead atoms. The summed E-state index contributed by atoms with van der Waals surface area (Å²) in [6.07, 6.45) is 0. The van der Waals surface area contributed by atoms with Gasteiger partial charge in [0.05, 0.1) is 20.0 Å². The highest BCUT2D eigenvalue weighted by atomic mass is 32.2. The van der Waals surface area contributed by atoms with Crippen LogP contribution in [0.15, 0.2) is 47.6 Å². The van der Waals surface area contributed by atoms with Crippen molar-refractivity contribution >= 4 is 27.5 Å². The number of carbonyl (C=O) groups excluding carboxylic acids is 1. The molecular formula is C18H21N5O6S. The first kappa shape index (κ1) is 21.2. The molecule has 4 N–H and O–H groups in total. The maximum atomic E-state index is 12.0. The maximum Gasteiger partial charge on any atom is 0.266 e. The Morgan fingerprint density at radius 1 is 1.17 bits per heavy atom. The molecule has 0 aromatic heterocycles. The average molecular weight is 435 g/mol. The number of hydrogen-bond donors (Lipinski definition) is 4. The predicted octanol–water partition coefficient (Wildman–Crippen LogP) is 0.512. The lowest BCUT2D eigenvalue weighted by atomic mass is 10.1. The van der Waals surface area contributed by atoms with Gasteiger partial charge in [0, 0.05) is 23.7 Å². The van der Waals surface area contributed by atoms with Crippen LogP contribution >= 0.6 is 0 Å². The zero-order valence-electron chi connectivity index (χ0n) is 16.2. The number of amides is 1. The number of hydrogen-bond acceptors (Lipinski definition) is 9. The number of ether oxygens (including phenoxy) is 2. The van der Waals surface area contributed by atoms with Crippen molar-refractivity contribution in [1.82, 2.24) is 16.3 Å². The predicted molar refractivity (Wildman–Crippen MR) is 110 cm³/mol. The first-order valence-corrected chi connectivity index (χ1v) is 10.4. The molecule has 0 unspecified atom stereocenters. The van der Waals surface area contributed by atoms with E-state index in [1.54, 1.807) is 61.8 Å². The van der Waals surface area contributed by atoms with E-state index in [0.29, 0.717) is 34.1 Å². The van der Waals surface area contributed by atoms with Gasteiger partial charge in [0.1, 0.15) is 17.2 Å². The van der Waals surface area contributed by atoms with E-state index in [2.05, 4.69) is 21.4 Å². The van der Waals surface area contributed by atoms with Crippen LogP contribution in [0.2, 0.25) is 0 Å². The molecule has 11 nitrogen and oxygen atoms in total. The Morgan fingerprint density at radius 2 is 1.90 bits per heavy atom. The molecule has 1 aliphatic heterocycles. The van der Waals surface area contributed by atoms with E-state index in [1.165, 1.54) is 0 Å². The fourth-order valence-corrected chi connectivity index (χ4v) is 3.00. The third kappa shape index (κ3) is 5.10. The number of carbonyl (C=O) groups is 1. The Balaban J connectivity index is 1.64. The van der Waals surface area contributed by atoms with Crippen molar-refractivity contribution in [2.75, 3.05) is 31.6 Å². The van der Waals surface area contributed by atoms with Crippen LogP contribution in [0.3, 0.4) is 0 Å². The molecule has 160 valence electrons. The largest absolute Gasteiger partial charge is 0.497 e. The topological polar surface area (TPSA) is 142 Å². The number of rotatable bonds is 8. The van der Waals surface area contributed by atoms with Crippen LogP contribution in [0.1, 0.15) is 15.9 Å². The van der Waals surface area contributed by atoms with Gasteiger partial charge in [-0.3, -0.25) is 14.8 Å². The van der Waals surface area contributed by atoms with Crippen LogP contribution in [0, 0.1) is 0 Å². The van der Waals surface area contributed by atoms with Gasteiger partial charge in [-0.15, -0.1) is 5.10 Å². The SMILES string of the molecule is COc1ccc(N2NN=C(c3ccc(C(=O)NCCS(=O)(=O)O)cc3)N2)c(OC)c1. The fourth-order valence-electron chi connectivity index (χ4n) is 2.64. The summed E-state index contributed by atoms with van der Waals surface area (Å²) >= 11 is 0. The van der Waals surface area contributed by atoms with Crippen molar-refractivity contribution in [2.45, 2.75) is 0 Å². The van der Waals surface area contributed by atoms with E-state index in [1.807, 2.05) is 0 Å². The second-order valence-corrected chi connectivity index (χ2v) is 7.74. The van der Waals surface area contributed by atoms with Crippen molar-refractivity contribution in [1.29, 1.82) is 0 Å². The highest BCUT2D eigenvalue weighted by Gasteiger charge is 2.20. The molecule has 1 aliphatic rings. The number of methoxy groups -OCH3 is 2. The van der Waals surface area contributed by atoms with Crippen molar-refractivity contribution in [3.05, 3.63) is 53.6 Å². The van der Waals surface area contributed by atoms with Crippen molar-refractivity contribution in [3.63, 3.8) is 0 Å². The van der Waals surface area contributed by atoms with E-state index in [-0.39, 0.29) is 6.54 Å². The van der Waals surface area contributed by atoms with Gasteiger partial charge in [-0.2, -0.15) is 19.1 Å². The minimum absolute atomic E-state index is 0.184. The second kappa shape index (κ2) is 8.88. The van der Waals surface area contributed by atoms with Crippen LogP contribution in [-0.2, 0) is 10.1 Å². The standard InChI is InChI=1S/C18H21N5O6S/c1-28-14-7-8-15(16(11-14)29-2)23-21-17(20-22-23)12-3-5-13(6-4-12)18(24)19-9-10-30(25,26)27/h3-8,11,22H,9-10H2,1-2H3,(H,19,24)(H,20,21)(H,25,26,27). The van der Waals surface area contributed by atoms with Crippen LogP contribution in [0.5, 0.6) is 11.5 Å². The van der Waals surface area contributed by atoms with Crippen LogP contribution < -0.4 is 30.9 Å². The Bertz CT molecular complexity index is 1060. The third-order valence-corrected chi connectivity index (χ3v) is 4.89. The minimum atomic E-state index is -4.12. The van der Waals surface area contributed by atoms with Gasteiger partial charge in [0.2, 0.25) is 0 Å². The van der Waals surface area contributed by atoms with Crippen molar-refractivity contribution in [3.8, 4) is 11.5 Å². The fraction of sp³-hybridized carbons (Fsp3) is 0.222. The van der Waals surface area contributed by atoms with Crippen molar-refractivity contribution in [2.24, 2.45) is 5.10 Å². The summed E-state index contributed by atoms with van der Waals surface area (Å²) in [7, 11) is -1.00. The third-order valence-electron chi connectivity index (χ3n) is 4.17. The summed E-state index contributed by atoms with van der Waals surface area (Å²) in [6.45, 7) is -0.184. The first-order valence-electron chi connectivity index (χ1n) is 8.76. The quantitative estimate of drug-likeness (QED) is 0.436. The molecule has 1 amide bonds. The first-order chi connectivity index (χ1) is 14.3. The molecule has 0 radical (unpaired) electrons. The summed E-state index contributed by atoms with van der Waals surface area (Å²) in [5.41, 5.74) is 7.68. The molecule has 12 heteroatoms. The van der Waals surface area contributed by atoms with Gasteiger partial charge in [-0.05, 0) is 24.3 Å². The Morgan fingerprint density at radius 3 is 2.53 bits per heavy atom. The lowest BCUT2D eigenvalue weighted by molar-refractivity contribution is 0.0956. The van der Waals surface area contributed by atoms with E-state index in [4.69, 9.17) is 14.0 Å². The van der Waals surface area contributed by atoms with E-state index in [9.17, 15) is 13.2 Å². The van der Waals surface area contributed by atoms with Gasteiger partial charge < -0.3 is 14.8 Å². The Hall–Kier alpha value is -3.51. The van der Waals surface area contributed by atoms with E-state index in [0.717, 1.165) is 0 Å². The number of hydrazone groups is 1.